The number of halogens is 1. The van der Waals surface area contributed by atoms with Crippen LogP contribution < -0.4 is 10.6 Å². The SMILES string of the molecule is CCCNC(=O)CCNCc1ccccc1Br. The Labute approximate surface area is 111 Å². The van der Waals surface area contributed by atoms with Gasteiger partial charge < -0.3 is 10.6 Å². The summed E-state index contributed by atoms with van der Waals surface area (Å²) in [6, 6.07) is 8.08. The normalized spacial score (nSPS) is 10.2. The van der Waals surface area contributed by atoms with Gasteiger partial charge in [-0.25, -0.2) is 0 Å². The number of carbonyl (C=O) groups excluding carboxylic acids is 1. The van der Waals surface area contributed by atoms with Crippen molar-refractivity contribution >= 4 is 21.8 Å². The lowest BCUT2D eigenvalue weighted by Gasteiger charge is -2.07. The fourth-order valence-corrected chi connectivity index (χ4v) is 1.84. The summed E-state index contributed by atoms with van der Waals surface area (Å²) < 4.78 is 1.10. The number of benzene rings is 1. The Hall–Kier alpha value is -0.870. The minimum Gasteiger partial charge on any atom is -0.356 e. The van der Waals surface area contributed by atoms with Crippen molar-refractivity contribution in [3.8, 4) is 0 Å². The molecule has 0 spiro atoms. The molecule has 0 saturated heterocycles. The van der Waals surface area contributed by atoms with Gasteiger partial charge >= 0.3 is 0 Å². The zero-order valence-electron chi connectivity index (χ0n) is 10.1. The van der Waals surface area contributed by atoms with Gasteiger partial charge in [-0.2, -0.15) is 0 Å². The molecule has 0 bridgehead atoms. The smallest absolute Gasteiger partial charge is 0.221 e. The molecule has 94 valence electrons. The molecule has 1 rings (SSSR count). The monoisotopic (exact) mass is 298 g/mol. The Bertz CT molecular complexity index is 355. The Balaban J connectivity index is 2.16. The summed E-state index contributed by atoms with van der Waals surface area (Å²) >= 11 is 3.49. The van der Waals surface area contributed by atoms with E-state index in [2.05, 4.69) is 32.6 Å². The van der Waals surface area contributed by atoms with E-state index in [-0.39, 0.29) is 5.91 Å². The maximum atomic E-state index is 11.3. The van der Waals surface area contributed by atoms with Gasteiger partial charge in [0, 0.05) is 30.5 Å². The van der Waals surface area contributed by atoms with E-state index in [4.69, 9.17) is 0 Å². The number of amides is 1. The van der Waals surface area contributed by atoms with Gasteiger partial charge in [-0.3, -0.25) is 4.79 Å². The van der Waals surface area contributed by atoms with E-state index in [9.17, 15) is 4.79 Å². The average molecular weight is 299 g/mol. The summed E-state index contributed by atoms with van der Waals surface area (Å²) in [7, 11) is 0. The van der Waals surface area contributed by atoms with Gasteiger partial charge in [0.2, 0.25) is 5.91 Å². The highest BCUT2D eigenvalue weighted by molar-refractivity contribution is 9.10. The fraction of sp³-hybridized carbons (Fsp3) is 0.462. The Morgan fingerprint density at radius 3 is 2.76 bits per heavy atom. The van der Waals surface area contributed by atoms with Crippen LogP contribution in [0.25, 0.3) is 0 Å². The molecule has 1 aromatic rings. The standard InChI is InChI=1S/C13H19BrN2O/c1-2-8-16-13(17)7-9-15-10-11-5-3-4-6-12(11)14/h3-6,15H,2,7-10H2,1H3,(H,16,17). The van der Waals surface area contributed by atoms with Crippen LogP contribution in [0.5, 0.6) is 0 Å². The summed E-state index contributed by atoms with van der Waals surface area (Å²) in [5.74, 6) is 0.117. The maximum Gasteiger partial charge on any atom is 0.221 e. The van der Waals surface area contributed by atoms with Crippen molar-refractivity contribution in [1.82, 2.24) is 10.6 Å². The summed E-state index contributed by atoms with van der Waals surface area (Å²) in [5, 5.41) is 6.11. The average Bonchev–Trinajstić information content (AvgIpc) is 2.34. The molecule has 1 aromatic carbocycles. The lowest BCUT2D eigenvalue weighted by atomic mass is 10.2. The first-order chi connectivity index (χ1) is 8.24. The van der Waals surface area contributed by atoms with Crippen molar-refractivity contribution in [2.45, 2.75) is 26.3 Å². The van der Waals surface area contributed by atoms with E-state index in [1.807, 2.05) is 25.1 Å². The molecule has 0 aliphatic rings. The highest BCUT2D eigenvalue weighted by Crippen LogP contribution is 2.15. The van der Waals surface area contributed by atoms with Crippen LogP contribution in [0, 0.1) is 0 Å². The second-order valence-corrected chi connectivity index (χ2v) is 4.72. The molecule has 0 heterocycles. The van der Waals surface area contributed by atoms with Gasteiger partial charge in [0.25, 0.3) is 0 Å². The molecule has 0 unspecified atom stereocenters. The second-order valence-electron chi connectivity index (χ2n) is 3.87. The van der Waals surface area contributed by atoms with E-state index >= 15 is 0 Å². The first-order valence-corrected chi connectivity index (χ1v) is 6.74. The quantitative estimate of drug-likeness (QED) is 0.759. The highest BCUT2D eigenvalue weighted by atomic mass is 79.9. The van der Waals surface area contributed by atoms with Gasteiger partial charge in [0.15, 0.2) is 0 Å². The lowest BCUT2D eigenvalue weighted by Crippen LogP contribution is -2.28. The molecule has 4 heteroatoms. The molecule has 2 N–H and O–H groups in total. The van der Waals surface area contributed by atoms with Gasteiger partial charge in [-0.05, 0) is 18.1 Å². The van der Waals surface area contributed by atoms with Crippen molar-refractivity contribution in [2.24, 2.45) is 0 Å². The van der Waals surface area contributed by atoms with E-state index < -0.39 is 0 Å². The predicted molar refractivity (Wildman–Crippen MR) is 73.8 cm³/mol. The molecule has 1 amide bonds. The minimum absolute atomic E-state index is 0.117. The fourth-order valence-electron chi connectivity index (χ4n) is 1.42. The molecule has 3 nitrogen and oxygen atoms in total. The van der Waals surface area contributed by atoms with Crippen molar-refractivity contribution in [3.63, 3.8) is 0 Å². The lowest BCUT2D eigenvalue weighted by molar-refractivity contribution is -0.120. The minimum atomic E-state index is 0.117. The van der Waals surface area contributed by atoms with E-state index in [0.29, 0.717) is 13.0 Å². The van der Waals surface area contributed by atoms with E-state index in [0.717, 1.165) is 24.0 Å². The van der Waals surface area contributed by atoms with Crippen LogP contribution in [0.15, 0.2) is 28.7 Å². The zero-order chi connectivity index (χ0) is 12.5. The maximum absolute atomic E-state index is 11.3. The predicted octanol–water partition coefficient (Wildman–Crippen LogP) is 2.46. The van der Waals surface area contributed by atoms with Gasteiger partial charge in [0.05, 0.1) is 0 Å². The Morgan fingerprint density at radius 2 is 2.06 bits per heavy atom. The number of hydrogen-bond acceptors (Lipinski definition) is 2. The van der Waals surface area contributed by atoms with Crippen LogP contribution in [0.2, 0.25) is 0 Å². The third-order valence-corrected chi connectivity index (χ3v) is 3.15. The molecule has 0 aliphatic heterocycles. The van der Waals surface area contributed by atoms with Crippen molar-refractivity contribution in [3.05, 3.63) is 34.3 Å². The van der Waals surface area contributed by atoms with Gasteiger partial charge in [0.1, 0.15) is 0 Å². The van der Waals surface area contributed by atoms with E-state index in [1.54, 1.807) is 0 Å². The second kappa shape index (κ2) is 8.25. The number of rotatable bonds is 7. The number of hydrogen-bond donors (Lipinski definition) is 2. The molecule has 0 aliphatic carbocycles. The summed E-state index contributed by atoms with van der Waals surface area (Å²) in [6.45, 7) is 4.30. The van der Waals surface area contributed by atoms with Crippen LogP contribution in [0.1, 0.15) is 25.3 Å². The third kappa shape index (κ3) is 5.84. The molecular formula is C13H19BrN2O. The number of nitrogens with one attached hydrogen (secondary N) is 2. The van der Waals surface area contributed by atoms with E-state index in [1.165, 1.54) is 5.56 Å². The van der Waals surface area contributed by atoms with Gasteiger partial charge in [-0.1, -0.05) is 41.1 Å². The van der Waals surface area contributed by atoms with Crippen molar-refractivity contribution in [1.29, 1.82) is 0 Å². The van der Waals surface area contributed by atoms with Gasteiger partial charge in [-0.15, -0.1) is 0 Å². The first kappa shape index (κ1) is 14.2. The van der Waals surface area contributed by atoms with Crippen LogP contribution >= 0.6 is 15.9 Å². The summed E-state index contributed by atoms with van der Waals surface area (Å²) in [4.78, 5) is 11.3. The van der Waals surface area contributed by atoms with Crippen molar-refractivity contribution < 1.29 is 4.79 Å². The highest BCUT2D eigenvalue weighted by Gasteiger charge is 2.00. The van der Waals surface area contributed by atoms with Crippen LogP contribution in [-0.4, -0.2) is 19.0 Å². The zero-order valence-corrected chi connectivity index (χ0v) is 11.7. The Morgan fingerprint density at radius 1 is 1.29 bits per heavy atom. The topological polar surface area (TPSA) is 41.1 Å². The molecule has 17 heavy (non-hydrogen) atoms. The molecule has 0 fully saturated rings. The molecular weight excluding hydrogens is 280 g/mol. The molecule has 0 aromatic heterocycles. The molecule has 0 radical (unpaired) electrons. The van der Waals surface area contributed by atoms with Crippen LogP contribution in [0.3, 0.4) is 0 Å². The Kier molecular flexibility index (Phi) is 6.89. The summed E-state index contributed by atoms with van der Waals surface area (Å²) in [5.41, 5.74) is 1.21. The van der Waals surface area contributed by atoms with Crippen LogP contribution in [0.4, 0.5) is 0 Å². The largest absolute Gasteiger partial charge is 0.356 e. The molecule has 0 saturated carbocycles. The third-order valence-electron chi connectivity index (χ3n) is 2.37. The van der Waals surface area contributed by atoms with Crippen LogP contribution in [-0.2, 0) is 11.3 Å². The molecule has 0 atom stereocenters. The van der Waals surface area contributed by atoms with Crippen molar-refractivity contribution in [2.75, 3.05) is 13.1 Å². The first-order valence-electron chi connectivity index (χ1n) is 5.95. The summed E-state index contributed by atoms with van der Waals surface area (Å²) in [6.07, 6.45) is 1.51. The number of carbonyl (C=O) groups is 1.